The predicted octanol–water partition coefficient (Wildman–Crippen LogP) is 3.94. The summed E-state index contributed by atoms with van der Waals surface area (Å²) in [5.74, 6) is 0.350. The van der Waals surface area contributed by atoms with E-state index in [9.17, 15) is 8.42 Å². The average Bonchev–Trinajstić information content (AvgIpc) is 2.47. The zero-order chi connectivity index (χ0) is 15.1. The van der Waals surface area contributed by atoms with Crippen LogP contribution >= 0.6 is 10.7 Å². The monoisotopic (exact) mass is 330 g/mol. The Morgan fingerprint density at radius 2 is 1.81 bits per heavy atom. The molecule has 0 spiro atoms. The van der Waals surface area contributed by atoms with Crippen LogP contribution in [0, 0.1) is 5.92 Å². The molecule has 1 unspecified atom stereocenters. The Kier molecular flexibility index (Phi) is 6.52. The summed E-state index contributed by atoms with van der Waals surface area (Å²) in [6.07, 6.45) is 6.35. The SMILES string of the molecule is O=S(=O)(Cl)CC(COCC1CCCCC1)c1ccccc1. The van der Waals surface area contributed by atoms with E-state index in [0.29, 0.717) is 12.5 Å². The van der Waals surface area contributed by atoms with Crippen LogP contribution in [0.25, 0.3) is 0 Å². The quantitative estimate of drug-likeness (QED) is 0.711. The van der Waals surface area contributed by atoms with E-state index in [1.165, 1.54) is 32.1 Å². The molecular weight excluding hydrogens is 308 g/mol. The fraction of sp³-hybridized carbons (Fsp3) is 0.625. The molecule has 118 valence electrons. The van der Waals surface area contributed by atoms with E-state index >= 15 is 0 Å². The lowest BCUT2D eigenvalue weighted by molar-refractivity contribution is 0.0781. The molecule has 0 heterocycles. The molecule has 0 N–H and O–H groups in total. The van der Waals surface area contributed by atoms with Gasteiger partial charge in [0.2, 0.25) is 9.05 Å². The zero-order valence-electron chi connectivity index (χ0n) is 12.2. The summed E-state index contributed by atoms with van der Waals surface area (Å²) >= 11 is 0. The Hall–Kier alpha value is -0.580. The molecule has 0 radical (unpaired) electrons. The van der Waals surface area contributed by atoms with E-state index < -0.39 is 9.05 Å². The molecule has 21 heavy (non-hydrogen) atoms. The topological polar surface area (TPSA) is 43.4 Å². The van der Waals surface area contributed by atoms with Crippen LogP contribution in [-0.4, -0.2) is 27.4 Å². The van der Waals surface area contributed by atoms with Gasteiger partial charge in [-0.25, -0.2) is 8.42 Å². The van der Waals surface area contributed by atoms with Gasteiger partial charge in [-0.1, -0.05) is 49.6 Å². The van der Waals surface area contributed by atoms with Crippen LogP contribution < -0.4 is 0 Å². The second-order valence-electron chi connectivity index (χ2n) is 5.85. The van der Waals surface area contributed by atoms with Crippen LogP contribution in [0.3, 0.4) is 0 Å². The Bertz CT molecular complexity index is 510. The van der Waals surface area contributed by atoms with Crippen molar-refractivity contribution in [3.8, 4) is 0 Å². The molecule has 1 aromatic rings. The maximum atomic E-state index is 11.4. The largest absolute Gasteiger partial charge is 0.380 e. The van der Waals surface area contributed by atoms with Crippen molar-refractivity contribution in [2.75, 3.05) is 19.0 Å². The molecule has 0 aromatic heterocycles. The number of hydrogen-bond acceptors (Lipinski definition) is 3. The summed E-state index contributed by atoms with van der Waals surface area (Å²) in [5, 5.41) is 0. The van der Waals surface area contributed by atoms with Gasteiger partial charge in [0.25, 0.3) is 0 Å². The van der Waals surface area contributed by atoms with Gasteiger partial charge in [-0.3, -0.25) is 0 Å². The Morgan fingerprint density at radius 1 is 1.14 bits per heavy atom. The minimum Gasteiger partial charge on any atom is -0.380 e. The first-order chi connectivity index (χ1) is 10.0. The third kappa shape index (κ3) is 6.37. The van der Waals surface area contributed by atoms with Crippen molar-refractivity contribution in [1.29, 1.82) is 0 Å². The summed E-state index contributed by atoms with van der Waals surface area (Å²) in [5.41, 5.74) is 0.963. The maximum Gasteiger partial charge on any atom is 0.233 e. The van der Waals surface area contributed by atoms with Gasteiger partial charge in [-0.15, -0.1) is 0 Å². The molecule has 5 heteroatoms. The van der Waals surface area contributed by atoms with E-state index in [1.54, 1.807) is 0 Å². The van der Waals surface area contributed by atoms with Gasteiger partial charge >= 0.3 is 0 Å². The second kappa shape index (κ2) is 8.16. The van der Waals surface area contributed by atoms with Gasteiger partial charge in [-0.05, 0) is 24.3 Å². The lowest BCUT2D eigenvalue weighted by Gasteiger charge is -2.23. The van der Waals surface area contributed by atoms with Crippen molar-refractivity contribution in [1.82, 2.24) is 0 Å². The highest BCUT2D eigenvalue weighted by atomic mass is 35.7. The minimum atomic E-state index is -3.53. The summed E-state index contributed by atoms with van der Waals surface area (Å²) in [7, 11) is 1.89. The number of hydrogen-bond donors (Lipinski definition) is 0. The van der Waals surface area contributed by atoms with E-state index in [2.05, 4.69) is 0 Å². The summed E-state index contributed by atoms with van der Waals surface area (Å²) in [6.45, 7) is 1.14. The number of halogens is 1. The van der Waals surface area contributed by atoms with E-state index in [4.69, 9.17) is 15.4 Å². The van der Waals surface area contributed by atoms with Crippen molar-refractivity contribution in [3.05, 3.63) is 35.9 Å². The Morgan fingerprint density at radius 3 is 2.43 bits per heavy atom. The highest BCUT2D eigenvalue weighted by Gasteiger charge is 2.20. The van der Waals surface area contributed by atoms with Gasteiger partial charge in [-0.2, -0.15) is 0 Å². The van der Waals surface area contributed by atoms with Gasteiger partial charge in [0.05, 0.1) is 12.4 Å². The molecule has 0 amide bonds. The first-order valence-electron chi connectivity index (χ1n) is 7.59. The van der Waals surface area contributed by atoms with Crippen molar-refractivity contribution in [2.45, 2.75) is 38.0 Å². The summed E-state index contributed by atoms with van der Waals surface area (Å²) in [4.78, 5) is 0. The van der Waals surface area contributed by atoms with Gasteiger partial charge < -0.3 is 4.74 Å². The number of benzene rings is 1. The van der Waals surface area contributed by atoms with Crippen LogP contribution in [0.4, 0.5) is 0 Å². The van der Waals surface area contributed by atoms with Crippen LogP contribution in [0.2, 0.25) is 0 Å². The maximum absolute atomic E-state index is 11.4. The van der Waals surface area contributed by atoms with Gasteiger partial charge in [0.1, 0.15) is 0 Å². The van der Waals surface area contributed by atoms with E-state index in [0.717, 1.165) is 12.2 Å². The lowest BCUT2D eigenvalue weighted by atomic mass is 9.90. The third-order valence-electron chi connectivity index (χ3n) is 4.07. The van der Waals surface area contributed by atoms with E-state index in [1.807, 2.05) is 30.3 Å². The van der Waals surface area contributed by atoms with Gasteiger partial charge in [0, 0.05) is 23.2 Å². The molecule has 1 aliphatic carbocycles. The normalized spacial score (nSPS) is 18.5. The molecule has 1 aromatic carbocycles. The molecular formula is C16H23ClO3S. The van der Waals surface area contributed by atoms with Crippen molar-refractivity contribution >= 4 is 19.7 Å². The highest BCUT2D eigenvalue weighted by molar-refractivity contribution is 8.13. The van der Waals surface area contributed by atoms with Crippen molar-refractivity contribution < 1.29 is 13.2 Å². The molecule has 0 bridgehead atoms. The third-order valence-corrected chi connectivity index (χ3v) is 5.25. The predicted molar refractivity (Wildman–Crippen MR) is 86.2 cm³/mol. The molecule has 3 nitrogen and oxygen atoms in total. The van der Waals surface area contributed by atoms with Crippen LogP contribution in [0.5, 0.6) is 0 Å². The smallest absolute Gasteiger partial charge is 0.233 e. The molecule has 0 saturated heterocycles. The van der Waals surface area contributed by atoms with Gasteiger partial charge in [0.15, 0.2) is 0 Å². The minimum absolute atomic E-state index is 0.0801. The van der Waals surface area contributed by atoms with E-state index in [-0.39, 0.29) is 11.7 Å². The second-order valence-corrected chi connectivity index (χ2v) is 8.68. The summed E-state index contributed by atoms with van der Waals surface area (Å²) in [6, 6.07) is 9.58. The Balaban J connectivity index is 1.89. The molecule has 0 aliphatic heterocycles. The lowest BCUT2D eigenvalue weighted by Crippen LogP contribution is -2.20. The standard InChI is InChI=1S/C16H23ClO3S/c17-21(18,19)13-16(15-9-5-2-6-10-15)12-20-11-14-7-3-1-4-8-14/h2,5-6,9-10,14,16H,1,3-4,7-8,11-13H2. The fourth-order valence-electron chi connectivity index (χ4n) is 2.94. The van der Waals surface area contributed by atoms with Crippen LogP contribution in [-0.2, 0) is 13.8 Å². The molecule has 1 aliphatic rings. The van der Waals surface area contributed by atoms with Crippen LogP contribution in [0.15, 0.2) is 30.3 Å². The molecule has 1 saturated carbocycles. The number of rotatable bonds is 7. The Labute approximate surface area is 132 Å². The zero-order valence-corrected chi connectivity index (χ0v) is 13.8. The highest BCUT2D eigenvalue weighted by Crippen LogP contribution is 2.25. The summed E-state index contributed by atoms with van der Waals surface area (Å²) < 4.78 is 28.6. The van der Waals surface area contributed by atoms with Crippen molar-refractivity contribution in [2.24, 2.45) is 5.92 Å². The fourth-order valence-corrected chi connectivity index (χ4v) is 4.16. The number of ether oxygens (including phenoxy) is 1. The first kappa shape index (κ1) is 16.8. The van der Waals surface area contributed by atoms with Crippen LogP contribution in [0.1, 0.15) is 43.6 Å². The first-order valence-corrected chi connectivity index (χ1v) is 10.1. The molecule has 1 fully saturated rings. The average molecular weight is 331 g/mol. The molecule has 2 rings (SSSR count). The van der Waals surface area contributed by atoms with Crippen molar-refractivity contribution in [3.63, 3.8) is 0 Å². The molecule has 1 atom stereocenters.